The van der Waals surface area contributed by atoms with Gasteiger partial charge in [0.05, 0.1) is 6.61 Å². The second-order valence-electron chi connectivity index (χ2n) is 6.33. The van der Waals surface area contributed by atoms with Crippen LogP contribution in [0.25, 0.3) is 0 Å². The van der Waals surface area contributed by atoms with Gasteiger partial charge in [-0.15, -0.1) is 0 Å². The zero-order valence-electron chi connectivity index (χ0n) is 13.9. The Morgan fingerprint density at radius 1 is 1.12 bits per heavy atom. The van der Waals surface area contributed by atoms with E-state index in [0.717, 1.165) is 31.9 Å². The van der Waals surface area contributed by atoms with Gasteiger partial charge in [-0.1, -0.05) is 18.2 Å². The van der Waals surface area contributed by atoms with Crippen molar-refractivity contribution in [2.75, 3.05) is 32.8 Å². The first kappa shape index (κ1) is 15.8. The minimum Gasteiger partial charge on any atom is -0.493 e. The van der Waals surface area contributed by atoms with Crippen LogP contribution in [-0.4, -0.2) is 58.7 Å². The molecule has 3 heterocycles. The van der Waals surface area contributed by atoms with Crippen LogP contribution in [0, 0.1) is 0 Å². The third-order valence-corrected chi connectivity index (χ3v) is 4.87. The maximum absolute atomic E-state index is 12.5. The van der Waals surface area contributed by atoms with Crippen LogP contribution in [-0.2, 0) is 0 Å². The van der Waals surface area contributed by atoms with E-state index in [2.05, 4.69) is 21.2 Å². The number of para-hydroxylation sites is 1. The van der Waals surface area contributed by atoms with Crippen LogP contribution in [0.2, 0.25) is 0 Å². The lowest BCUT2D eigenvalue weighted by Gasteiger charge is -2.41. The molecule has 1 aromatic carbocycles. The molecule has 1 unspecified atom stereocenters. The smallest absolute Gasteiger partial charge is 0.274 e. The zero-order chi connectivity index (χ0) is 17.2. The minimum atomic E-state index is -0.306. The van der Waals surface area contributed by atoms with Gasteiger partial charge in [-0.3, -0.25) is 14.5 Å². The molecule has 1 aromatic heterocycles. The highest BCUT2D eigenvalue weighted by Gasteiger charge is 2.31. The molecular weight excluding hydrogens is 320 g/mol. The third-order valence-electron chi connectivity index (χ3n) is 4.87. The van der Waals surface area contributed by atoms with Gasteiger partial charge in [-0.2, -0.15) is 5.10 Å². The van der Waals surface area contributed by atoms with E-state index in [1.807, 2.05) is 18.2 Å². The Balaban J connectivity index is 1.43. The molecule has 0 radical (unpaired) electrons. The summed E-state index contributed by atoms with van der Waals surface area (Å²) >= 11 is 0. The predicted molar refractivity (Wildman–Crippen MR) is 91.6 cm³/mol. The normalized spacial score (nSPS) is 20.6. The third kappa shape index (κ3) is 3.15. The van der Waals surface area contributed by atoms with Crippen molar-refractivity contribution in [3.8, 4) is 5.75 Å². The number of hydrogen-bond acceptors (Lipinski definition) is 5. The van der Waals surface area contributed by atoms with E-state index in [9.17, 15) is 9.59 Å². The molecule has 1 N–H and O–H groups in total. The number of amides is 1. The molecule has 7 nitrogen and oxygen atoms in total. The number of carbonyl (C=O) groups excluding carboxylic acids is 1. The van der Waals surface area contributed by atoms with Crippen LogP contribution >= 0.6 is 0 Å². The van der Waals surface area contributed by atoms with Crippen LogP contribution in [0.1, 0.15) is 28.5 Å². The predicted octanol–water partition coefficient (Wildman–Crippen LogP) is 1.05. The number of benzene rings is 1. The summed E-state index contributed by atoms with van der Waals surface area (Å²) in [6.07, 6.45) is 0.965. The SMILES string of the molecule is O=C(c1ccc(=O)[nH]n1)N1CCN(C2CCOc3ccccc32)CC1. The number of nitrogens with zero attached hydrogens (tertiary/aromatic N) is 3. The average Bonchev–Trinajstić information content (AvgIpc) is 2.68. The quantitative estimate of drug-likeness (QED) is 0.884. The number of fused-ring (bicyclic) bond motifs is 1. The molecule has 2 aliphatic heterocycles. The topological polar surface area (TPSA) is 78.5 Å². The van der Waals surface area contributed by atoms with Gasteiger partial charge in [0.25, 0.3) is 11.5 Å². The number of carbonyl (C=O) groups is 1. The lowest BCUT2D eigenvalue weighted by Crippen LogP contribution is -2.50. The maximum atomic E-state index is 12.5. The lowest BCUT2D eigenvalue weighted by atomic mass is 9.98. The molecule has 130 valence electrons. The Kier molecular flexibility index (Phi) is 4.23. The number of aromatic amines is 1. The molecule has 1 atom stereocenters. The number of piperazine rings is 1. The summed E-state index contributed by atoms with van der Waals surface area (Å²) in [5.41, 5.74) is 1.21. The Hall–Kier alpha value is -2.67. The number of ether oxygens (including phenoxy) is 1. The van der Waals surface area contributed by atoms with E-state index in [4.69, 9.17) is 4.74 Å². The van der Waals surface area contributed by atoms with Crippen LogP contribution in [0.5, 0.6) is 5.75 Å². The highest BCUT2D eigenvalue weighted by Crippen LogP contribution is 2.36. The van der Waals surface area contributed by atoms with Gasteiger partial charge in [-0.05, 0) is 12.1 Å². The fourth-order valence-corrected chi connectivity index (χ4v) is 3.56. The van der Waals surface area contributed by atoms with Gasteiger partial charge in [0.15, 0.2) is 0 Å². The largest absolute Gasteiger partial charge is 0.493 e. The molecule has 25 heavy (non-hydrogen) atoms. The van der Waals surface area contributed by atoms with Crippen molar-refractivity contribution in [2.45, 2.75) is 12.5 Å². The molecule has 0 saturated carbocycles. The molecule has 2 aliphatic rings. The van der Waals surface area contributed by atoms with Crippen molar-refractivity contribution in [1.82, 2.24) is 20.0 Å². The van der Waals surface area contributed by atoms with Crippen molar-refractivity contribution in [3.63, 3.8) is 0 Å². The van der Waals surface area contributed by atoms with Gasteiger partial charge in [-0.25, -0.2) is 5.10 Å². The summed E-state index contributed by atoms with van der Waals surface area (Å²) in [6, 6.07) is 11.3. The van der Waals surface area contributed by atoms with Gasteiger partial charge >= 0.3 is 0 Å². The summed E-state index contributed by atoms with van der Waals surface area (Å²) in [4.78, 5) is 27.8. The Morgan fingerprint density at radius 3 is 2.68 bits per heavy atom. The molecule has 2 aromatic rings. The number of rotatable bonds is 2. The second-order valence-corrected chi connectivity index (χ2v) is 6.33. The summed E-state index contributed by atoms with van der Waals surface area (Å²) in [5, 5.41) is 6.15. The first-order valence-corrected chi connectivity index (χ1v) is 8.53. The molecule has 0 aliphatic carbocycles. The number of hydrogen-bond donors (Lipinski definition) is 1. The number of H-pyrrole nitrogens is 1. The van der Waals surface area contributed by atoms with Gasteiger partial charge < -0.3 is 9.64 Å². The number of nitrogens with one attached hydrogen (secondary N) is 1. The van der Waals surface area contributed by atoms with Crippen LogP contribution in [0.3, 0.4) is 0 Å². The molecule has 0 bridgehead atoms. The summed E-state index contributed by atoms with van der Waals surface area (Å²) < 4.78 is 5.74. The van der Waals surface area contributed by atoms with E-state index < -0.39 is 0 Å². The summed E-state index contributed by atoms with van der Waals surface area (Å²) in [6.45, 7) is 3.66. The second kappa shape index (κ2) is 6.68. The molecule has 0 spiro atoms. The molecule has 4 rings (SSSR count). The standard InChI is InChI=1S/C18H20N4O3/c23-17-6-5-14(19-20-17)18(24)22-10-8-21(9-11-22)15-7-12-25-16-4-2-1-3-13(15)16/h1-6,15H,7-12H2,(H,20,23). The molecule has 1 amide bonds. The molecule has 1 saturated heterocycles. The van der Waals surface area contributed by atoms with E-state index >= 15 is 0 Å². The van der Waals surface area contributed by atoms with Crippen LogP contribution < -0.4 is 10.3 Å². The summed E-state index contributed by atoms with van der Waals surface area (Å²) in [7, 11) is 0. The fourth-order valence-electron chi connectivity index (χ4n) is 3.56. The maximum Gasteiger partial charge on any atom is 0.274 e. The molecule has 1 fully saturated rings. The first-order chi connectivity index (χ1) is 12.2. The monoisotopic (exact) mass is 340 g/mol. The van der Waals surface area contributed by atoms with Gasteiger partial charge in [0.1, 0.15) is 11.4 Å². The lowest BCUT2D eigenvalue weighted by molar-refractivity contribution is 0.0504. The Morgan fingerprint density at radius 2 is 1.92 bits per heavy atom. The van der Waals surface area contributed by atoms with Crippen molar-refractivity contribution < 1.29 is 9.53 Å². The van der Waals surface area contributed by atoms with Gasteiger partial charge in [0.2, 0.25) is 0 Å². The van der Waals surface area contributed by atoms with E-state index in [1.165, 1.54) is 17.7 Å². The van der Waals surface area contributed by atoms with Crippen molar-refractivity contribution in [2.24, 2.45) is 0 Å². The fraction of sp³-hybridized carbons (Fsp3) is 0.389. The van der Waals surface area contributed by atoms with E-state index in [-0.39, 0.29) is 17.2 Å². The summed E-state index contributed by atoms with van der Waals surface area (Å²) in [5.74, 6) is 0.831. The highest BCUT2D eigenvalue weighted by molar-refractivity contribution is 5.92. The van der Waals surface area contributed by atoms with Crippen molar-refractivity contribution in [3.05, 3.63) is 58.0 Å². The van der Waals surface area contributed by atoms with Gasteiger partial charge in [0, 0.05) is 50.3 Å². The Labute approximate surface area is 145 Å². The van der Waals surface area contributed by atoms with Crippen molar-refractivity contribution >= 4 is 5.91 Å². The van der Waals surface area contributed by atoms with Crippen LogP contribution in [0.4, 0.5) is 0 Å². The first-order valence-electron chi connectivity index (χ1n) is 8.53. The minimum absolute atomic E-state index is 0.136. The molecule has 7 heteroatoms. The number of aromatic nitrogens is 2. The van der Waals surface area contributed by atoms with E-state index in [1.54, 1.807) is 4.90 Å². The Bertz CT molecular complexity index is 807. The van der Waals surface area contributed by atoms with Crippen LogP contribution in [0.15, 0.2) is 41.2 Å². The zero-order valence-corrected chi connectivity index (χ0v) is 13.9. The highest BCUT2D eigenvalue weighted by atomic mass is 16.5. The molecular formula is C18H20N4O3. The average molecular weight is 340 g/mol. The van der Waals surface area contributed by atoms with E-state index in [0.29, 0.717) is 19.1 Å². The van der Waals surface area contributed by atoms with Crippen molar-refractivity contribution in [1.29, 1.82) is 0 Å².